The van der Waals surface area contributed by atoms with Crippen molar-refractivity contribution in [1.82, 2.24) is 5.32 Å². The largest absolute Gasteiger partial charge is 0.467 e. The van der Waals surface area contributed by atoms with Gasteiger partial charge in [-0.2, -0.15) is 5.26 Å². The molecule has 0 heterocycles. The standard InChI is InChI=1S/C12H13N3O3/c1-9(11(16)17-2)15-12(14-8-13)18-10-6-4-3-5-7-10/h3-7,9H,1-2H3,(H,14,15). The van der Waals surface area contributed by atoms with Crippen LogP contribution in [0.15, 0.2) is 35.3 Å². The van der Waals surface area contributed by atoms with Crippen molar-refractivity contribution >= 4 is 12.0 Å². The number of aliphatic imine (C=N–C) groups is 1. The van der Waals surface area contributed by atoms with Gasteiger partial charge in [-0.15, -0.1) is 0 Å². The van der Waals surface area contributed by atoms with Crippen LogP contribution in [0.5, 0.6) is 5.75 Å². The normalized spacial score (nSPS) is 12.2. The molecule has 0 bridgehead atoms. The van der Waals surface area contributed by atoms with Gasteiger partial charge in [-0.3, -0.25) is 0 Å². The first-order valence-electron chi connectivity index (χ1n) is 5.21. The van der Waals surface area contributed by atoms with Gasteiger partial charge in [-0.05, 0) is 19.1 Å². The van der Waals surface area contributed by atoms with Crippen LogP contribution in [0.3, 0.4) is 0 Å². The molecule has 0 radical (unpaired) electrons. The first kappa shape index (κ1) is 13.5. The van der Waals surface area contributed by atoms with Crippen molar-refractivity contribution in [2.75, 3.05) is 7.11 Å². The summed E-state index contributed by atoms with van der Waals surface area (Å²) in [5.74, 6) is -0.0000303. The van der Waals surface area contributed by atoms with Crippen LogP contribution in [0, 0.1) is 11.5 Å². The van der Waals surface area contributed by atoms with Gasteiger partial charge in [0, 0.05) is 0 Å². The molecule has 6 heteroatoms. The summed E-state index contributed by atoms with van der Waals surface area (Å²) in [6.07, 6.45) is 1.69. The Balaban J connectivity index is 2.80. The van der Waals surface area contributed by atoms with E-state index in [1.807, 2.05) is 6.07 Å². The van der Waals surface area contributed by atoms with E-state index in [4.69, 9.17) is 10.00 Å². The molecule has 0 fully saturated rings. The highest BCUT2D eigenvalue weighted by atomic mass is 16.5. The zero-order chi connectivity index (χ0) is 13.4. The molecule has 1 rings (SSSR count). The maximum Gasteiger partial charge on any atom is 0.330 e. The van der Waals surface area contributed by atoms with Gasteiger partial charge in [0.1, 0.15) is 11.8 Å². The number of amidine groups is 1. The van der Waals surface area contributed by atoms with E-state index in [0.29, 0.717) is 5.75 Å². The molecule has 1 aromatic rings. The van der Waals surface area contributed by atoms with Crippen molar-refractivity contribution < 1.29 is 14.3 Å². The molecule has 0 aliphatic heterocycles. The Hall–Kier alpha value is -2.55. The first-order chi connectivity index (χ1) is 8.67. The van der Waals surface area contributed by atoms with Crippen LogP contribution in [-0.4, -0.2) is 25.1 Å². The van der Waals surface area contributed by atoms with Gasteiger partial charge in [0.2, 0.25) is 0 Å². The second-order valence-electron chi connectivity index (χ2n) is 3.29. The molecule has 1 aromatic carbocycles. The molecule has 94 valence electrons. The van der Waals surface area contributed by atoms with Gasteiger partial charge in [-0.25, -0.2) is 15.1 Å². The fourth-order valence-electron chi connectivity index (χ4n) is 1.13. The Kier molecular flexibility index (Phi) is 5.19. The second kappa shape index (κ2) is 6.91. The van der Waals surface area contributed by atoms with Crippen LogP contribution in [0.4, 0.5) is 0 Å². The van der Waals surface area contributed by atoms with E-state index in [9.17, 15) is 4.79 Å². The number of para-hydroxylation sites is 1. The quantitative estimate of drug-likeness (QED) is 0.284. The van der Waals surface area contributed by atoms with Gasteiger partial charge >= 0.3 is 12.0 Å². The van der Waals surface area contributed by atoms with E-state index >= 15 is 0 Å². The first-order valence-corrected chi connectivity index (χ1v) is 5.21. The summed E-state index contributed by atoms with van der Waals surface area (Å²) in [7, 11) is 1.27. The Morgan fingerprint density at radius 3 is 2.67 bits per heavy atom. The van der Waals surface area contributed by atoms with E-state index in [2.05, 4.69) is 15.0 Å². The minimum absolute atomic E-state index is 0.0541. The minimum Gasteiger partial charge on any atom is -0.467 e. The van der Waals surface area contributed by atoms with E-state index in [1.165, 1.54) is 7.11 Å². The van der Waals surface area contributed by atoms with E-state index in [-0.39, 0.29) is 6.02 Å². The average molecular weight is 247 g/mol. The molecule has 0 aromatic heterocycles. The molecule has 1 unspecified atom stereocenters. The maximum absolute atomic E-state index is 11.2. The molecule has 0 aliphatic rings. The van der Waals surface area contributed by atoms with Gasteiger partial charge < -0.3 is 9.47 Å². The Morgan fingerprint density at radius 1 is 1.44 bits per heavy atom. The number of hydrogen-bond acceptors (Lipinski definition) is 5. The lowest BCUT2D eigenvalue weighted by molar-refractivity contribution is -0.141. The van der Waals surface area contributed by atoms with Crippen molar-refractivity contribution in [3.63, 3.8) is 0 Å². The Morgan fingerprint density at radius 2 is 2.11 bits per heavy atom. The third kappa shape index (κ3) is 4.14. The van der Waals surface area contributed by atoms with Crippen LogP contribution in [-0.2, 0) is 9.53 Å². The summed E-state index contributed by atoms with van der Waals surface area (Å²) in [5.41, 5.74) is 0. The minimum atomic E-state index is -0.755. The number of nitriles is 1. The molecule has 0 amide bonds. The molecule has 0 aliphatic carbocycles. The van der Waals surface area contributed by atoms with E-state index in [0.717, 1.165) is 0 Å². The molecule has 0 spiro atoms. The summed E-state index contributed by atoms with van der Waals surface area (Å²) < 4.78 is 9.86. The van der Waals surface area contributed by atoms with Gasteiger partial charge in [0.05, 0.1) is 7.11 Å². The lowest BCUT2D eigenvalue weighted by Crippen LogP contribution is -2.28. The smallest absolute Gasteiger partial charge is 0.330 e. The zero-order valence-corrected chi connectivity index (χ0v) is 10.1. The van der Waals surface area contributed by atoms with Gasteiger partial charge in [0.15, 0.2) is 6.19 Å². The topological polar surface area (TPSA) is 83.7 Å². The number of carbonyl (C=O) groups excluding carboxylic acids is 1. The van der Waals surface area contributed by atoms with Crippen molar-refractivity contribution in [2.45, 2.75) is 13.0 Å². The van der Waals surface area contributed by atoms with Crippen molar-refractivity contribution in [3.05, 3.63) is 30.3 Å². The SMILES string of the molecule is COC(=O)C(C)N=C(NC#N)Oc1ccccc1. The number of ether oxygens (including phenoxy) is 2. The fourth-order valence-corrected chi connectivity index (χ4v) is 1.13. The Bertz CT molecular complexity index is 465. The molecule has 0 saturated heterocycles. The van der Waals surface area contributed by atoms with Crippen LogP contribution >= 0.6 is 0 Å². The predicted molar refractivity (Wildman–Crippen MR) is 64.7 cm³/mol. The van der Waals surface area contributed by atoms with Crippen LogP contribution in [0.1, 0.15) is 6.92 Å². The number of esters is 1. The van der Waals surface area contributed by atoms with E-state index in [1.54, 1.807) is 37.4 Å². The number of rotatable bonds is 3. The summed E-state index contributed by atoms with van der Waals surface area (Å²) in [6.45, 7) is 1.54. The highest BCUT2D eigenvalue weighted by Gasteiger charge is 2.13. The predicted octanol–water partition coefficient (Wildman–Crippen LogP) is 1.05. The fraction of sp³-hybridized carbons (Fsp3) is 0.250. The molecule has 1 atom stereocenters. The number of nitrogens with zero attached hydrogens (tertiary/aromatic N) is 2. The highest BCUT2D eigenvalue weighted by molar-refractivity contribution is 5.83. The van der Waals surface area contributed by atoms with Crippen molar-refractivity contribution in [3.8, 4) is 11.9 Å². The van der Waals surface area contributed by atoms with Crippen molar-refractivity contribution in [1.29, 1.82) is 5.26 Å². The summed E-state index contributed by atoms with van der Waals surface area (Å²) in [5, 5.41) is 10.9. The molecule has 6 nitrogen and oxygen atoms in total. The zero-order valence-electron chi connectivity index (χ0n) is 10.1. The molecular formula is C12H13N3O3. The van der Waals surface area contributed by atoms with Crippen LogP contribution in [0.25, 0.3) is 0 Å². The van der Waals surface area contributed by atoms with Crippen LogP contribution in [0.2, 0.25) is 0 Å². The Labute approximate surface area is 105 Å². The maximum atomic E-state index is 11.2. The lowest BCUT2D eigenvalue weighted by atomic mass is 10.3. The van der Waals surface area contributed by atoms with Crippen molar-refractivity contribution in [2.24, 2.45) is 4.99 Å². The number of methoxy groups -OCH3 is 1. The molecule has 1 N–H and O–H groups in total. The summed E-state index contributed by atoms with van der Waals surface area (Å²) >= 11 is 0. The number of benzene rings is 1. The number of nitrogens with one attached hydrogen (secondary N) is 1. The van der Waals surface area contributed by atoms with Gasteiger partial charge in [-0.1, -0.05) is 18.2 Å². The highest BCUT2D eigenvalue weighted by Crippen LogP contribution is 2.08. The molecular weight excluding hydrogens is 234 g/mol. The summed E-state index contributed by atoms with van der Waals surface area (Å²) in [6, 6.07) is 8.00. The lowest BCUT2D eigenvalue weighted by Gasteiger charge is -2.09. The summed E-state index contributed by atoms with van der Waals surface area (Å²) in [4.78, 5) is 15.1. The van der Waals surface area contributed by atoms with Gasteiger partial charge in [0.25, 0.3) is 0 Å². The number of carbonyl (C=O) groups is 1. The third-order valence-electron chi connectivity index (χ3n) is 1.97. The van der Waals surface area contributed by atoms with Crippen LogP contribution < -0.4 is 10.1 Å². The second-order valence-corrected chi connectivity index (χ2v) is 3.29. The average Bonchev–Trinajstić information content (AvgIpc) is 2.39. The molecule has 0 saturated carbocycles. The van der Waals surface area contributed by atoms with E-state index < -0.39 is 12.0 Å². The third-order valence-corrected chi connectivity index (χ3v) is 1.97. The number of hydrogen-bond donors (Lipinski definition) is 1. The molecule has 18 heavy (non-hydrogen) atoms. The monoisotopic (exact) mass is 247 g/mol.